The molecule has 1 aliphatic carbocycles. The van der Waals surface area contributed by atoms with Crippen LogP contribution in [-0.2, 0) is 0 Å². The second-order valence-electron chi connectivity index (χ2n) is 10.9. The lowest BCUT2D eigenvalue weighted by molar-refractivity contribution is 0.302. The van der Waals surface area contributed by atoms with Crippen molar-refractivity contribution >= 4 is 23.5 Å². The average Bonchev–Trinajstić information content (AvgIpc) is 2.90. The van der Waals surface area contributed by atoms with E-state index in [1.165, 1.54) is 99.7 Å². The summed E-state index contributed by atoms with van der Waals surface area (Å²) in [5, 5.41) is 0. The van der Waals surface area contributed by atoms with Gasteiger partial charge in [0, 0.05) is 5.56 Å². The first-order valence-corrected chi connectivity index (χ1v) is 16.4. The molecular weight excluding hydrogens is 467 g/mol. The molecule has 4 rings (SSSR count). The molecule has 0 unspecified atom stereocenters. The van der Waals surface area contributed by atoms with E-state index in [1.54, 1.807) is 0 Å². The number of unbranched alkanes of at least 4 members (excludes halogenated alkanes) is 4. The van der Waals surface area contributed by atoms with E-state index in [-0.39, 0.29) is 5.82 Å². The Morgan fingerprint density at radius 1 is 0.714 bits per heavy atom. The van der Waals surface area contributed by atoms with Crippen LogP contribution in [0.25, 0.3) is 11.1 Å². The van der Waals surface area contributed by atoms with Gasteiger partial charge in [0.15, 0.2) is 0 Å². The van der Waals surface area contributed by atoms with Gasteiger partial charge in [0.2, 0.25) is 0 Å². The number of hydrogen-bond donors (Lipinski definition) is 0. The first-order chi connectivity index (χ1) is 17.2. The molecule has 0 N–H and O–H groups in total. The van der Waals surface area contributed by atoms with Crippen LogP contribution in [0.15, 0.2) is 42.5 Å². The number of benzene rings is 2. The van der Waals surface area contributed by atoms with Crippen molar-refractivity contribution in [2.24, 2.45) is 11.8 Å². The van der Waals surface area contributed by atoms with Crippen LogP contribution in [0.2, 0.25) is 0 Å². The molecular formula is C32H45FS2. The first kappa shape index (κ1) is 27.1. The third-order valence-electron chi connectivity index (χ3n) is 8.20. The van der Waals surface area contributed by atoms with Crippen molar-refractivity contribution in [1.82, 2.24) is 0 Å². The molecule has 0 amide bonds. The van der Waals surface area contributed by atoms with E-state index in [1.807, 2.05) is 12.1 Å². The largest absolute Gasteiger partial charge is 0.206 e. The van der Waals surface area contributed by atoms with Gasteiger partial charge in [0.05, 0.1) is 4.58 Å². The number of halogens is 1. The molecule has 35 heavy (non-hydrogen) atoms. The molecule has 0 spiro atoms. The van der Waals surface area contributed by atoms with Gasteiger partial charge in [-0.05, 0) is 84.1 Å². The van der Waals surface area contributed by atoms with Crippen molar-refractivity contribution in [3.8, 4) is 11.1 Å². The SMILES string of the molecule is CCCCCC1CSC(c2ccc(-c3ccc([C@H]4CC[C@H](CCCCC)CC4)cc3F)cc2)SC1. The topological polar surface area (TPSA) is 0 Å². The van der Waals surface area contributed by atoms with Crippen LogP contribution < -0.4 is 0 Å². The number of rotatable bonds is 11. The molecule has 2 aliphatic rings. The summed E-state index contributed by atoms with van der Waals surface area (Å²) in [6.07, 6.45) is 16.0. The zero-order valence-electron chi connectivity index (χ0n) is 21.9. The van der Waals surface area contributed by atoms with E-state index in [9.17, 15) is 0 Å². The van der Waals surface area contributed by atoms with E-state index in [2.05, 4.69) is 67.7 Å². The highest BCUT2D eigenvalue weighted by Gasteiger charge is 2.24. The van der Waals surface area contributed by atoms with Crippen LogP contribution >= 0.6 is 23.5 Å². The minimum atomic E-state index is -0.0587. The quantitative estimate of drug-likeness (QED) is 0.275. The molecule has 3 heteroatoms. The fourth-order valence-corrected chi connectivity index (χ4v) is 9.06. The average molecular weight is 513 g/mol. The normalized spacial score (nSPS) is 25.0. The Hall–Kier alpha value is -0.930. The molecule has 1 saturated heterocycles. The van der Waals surface area contributed by atoms with Gasteiger partial charge >= 0.3 is 0 Å². The maximum atomic E-state index is 15.2. The number of hydrogen-bond acceptors (Lipinski definition) is 2. The maximum absolute atomic E-state index is 15.2. The Kier molecular flexibility index (Phi) is 10.9. The molecule has 192 valence electrons. The van der Waals surface area contributed by atoms with Crippen LogP contribution in [0.4, 0.5) is 4.39 Å². The van der Waals surface area contributed by atoms with Crippen molar-refractivity contribution in [2.45, 2.75) is 101 Å². The predicted molar refractivity (Wildman–Crippen MR) is 156 cm³/mol. The second kappa shape index (κ2) is 14.1. The van der Waals surface area contributed by atoms with E-state index >= 15 is 4.39 Å². The summed E-state index contributed by atoms with van der Waals surface area (Å²) in [6, 6.07) is 14.8. The van der Waals surface area contributed by atoms with Gasteiger partial charge in [-0.2, -0.15) is 0 Å². The number of thioether (sulfide) groups is 2. The third-order valence-corrected chi connectivity index (χ3v) is 11.5. The predicted octanol–water partition coefficient (Wildman–Crippen LogP) is 11.0. The maximum Gasteiger partial charge on any atom is 0.131 e. The smallest absolute Gasteiger partial charge is 0.131 e. The minimum Gasteiger partial charge on any atom is -0.206 e. The van der Waals surface area contributed by atoms with Gasteiger partial charge in [0.25, 0.3) is 0 Å². The standard InChI is InChI=1S/C32H45FS2/c1-3-5-7-9-24-11-13-26(14-12-24)29-19-20-30(31(33)21-29)27-15-17-28(18-16-27)32-34-22-25(23-35-32)10-8-6-4-2/h15-21,24-26,32H,3-14,22-23H2,1-2H3/t24-,25?,26-,32?. The van der Waals surface area contributed by atoms with Crippen molar-refractivity contribution < 1.29 is 4.39 Å². The lowest BCUT2D eigenvalue weighted by Crippen LogP contribution is -2.14. The summed E-state index contributed by atoms with van der Waals surface area (Å²) >= 11 is 4.20. The fourth-order valence-electron chi connectivity index (χ4n) is 5.89. The van der Waals surface area contributed by atoms with Gasteiger partial charge in [-0.25, -0.2) is 4.39 Å². The molecule has 0 atom stereocenters. The highest BCUT2D eigenvalue weighted by atomic mass is 32.2. The first-order valence-electron chi connectivity index (χ1n) is 14.3. The molecule has 1 heterocycles. The van der Waals surface area contributed by atoms with Gasteiger partial charge in [-0.3, -0.25) is 0 Å². The Balaban J connectivity index is 1.30. The highest BCUT2D eigenvalue weighted by Crippen LogP contribution is 2.47. The van der Waals surface area contributed by atoms with E-state index in [0.717, 1.165) is 23.0 Å². The third kappa shape index (κ3) is 7.78. The summed E-state index contributed by atoms with van der Waals surface area (Å²) in [5.41, 5.74) is 4.33. The zero-order valence-corrected chi connectivity index (χ0v) is 23.6. The van der Waals surface area contributed by atoms with Crippen molar-refractivity contribution in [1.29, 1.82) is 0 Å². The fraction of sp³-hybridized carbons (Fsp3) is 0.625. The van der Waals surface area contributed by atoms with Gasteiger partial charge in [-0.15, -0.1) is 23.5 Å². The molecule has 0 radical (unpaired) electrons. The van der Waals surface area contributed by atoms with Gasteiger partial charge < -0.3 is 0 Å². The molecule has 1 saturated carbocycles. The van der Waals surface area contributed by atoms with E-state index in [4.69, 9.17) is 0 Å². The molecule has 1 aliphatic heterocycles. The Morgan fingerprint density at radius 2 is 1.31 bits per heavy atom. The molecule has 0 nitrogen and oxygen atoms in total. The summed E-state index contributed by atoms with van der Waals surface area (Å²) in [5.74, 6) is 4.80. The van der Waals surface area contributed by atoms with Crippen molar-refractivity contribution in [3.05, 3.63) is 59.4 Å². The van der Waals surface area contributed by atoms with Crippen LogP contribution in [-0.4, -0.2) is 11.5 Å². The summed E-state index contributed by atoms with van der Waals surface area (Å²) in [6.45, 7) is 4.56. The molecule has 0 aromatic heterocycles. The van der Waals surface area contributed by atoms with Crippen LogP contribution in [0.1, 0.15) is 113 Å². The molecule has 2 fully saturated rings. The van der Waals surface area contributed by atoms with Crippen molar-refractivity contribution in [3.63, 3.8) is 0 Å². The van der Waals surface area contributed by atoms with Crippen LogP contribution in [0.3, 0.4) is 0 Å². The van der Waals surface area contributed by atoms with Gasteiger partial charge in [-0.1, -0.05) is 95.2 Å². The van der Waals surface area contributed by atoms with Crippen LogP contribution in [0, 0.1) is 17.7 Å². The summed E-state index contributed by atoms with van der Waals surface area (Å²) < 4.78 is 15.7. The van der Waals surface area contributed by atoms with E-state index in [0.29, 0.717) is 10.5 Å². The summed E-state index contributed by atoms with van der Waals surface area (Å²) in [4.78, 5) is 0. The summed E-state index contributed by atoms with van der Waals surface area (Å²) in [7, 11) is 0. The Labute approximate surface area is 222 Å². The van der Waals surface area contributed by atoms with E-state index < -0.39 is 0 Å². The minimum absolute atomic E-state index is 0.0587. The lowest BCUT2D eigenvalue weighted by atomic mass is 9.77. The molecule has 2 aromatic carbocycles. The van der Waals surface area contributed by atoms with Crippen LogP contribution in [0.5, 0.6) is 0 Å². The zero-order chi connectivity index (χ0) is 24.5. The van der Waals surface area contributed by atoms with Crippen molar-refractivity contribution in [2.75, 3.05) is 11.5 Å². The highest BCUT2D eigenvalue weighted by molar-refractivity contribution is 8.16. The lowest BCUT2D eigenvalue weighted by Gasteiger charge is -2.29. The Bertz CT molecular complexity index is 877. The van der Waals surface area contributed by atoms with Gasteiger partial charge in [0.1, 0.15) is 5.82 Å². The monoisotopic (exact) mass is 512 g/mol. The Morgan fingerprint density at radius 3 is 1.91 bits per heavy atom. The molecule has 0 bridgehead atoms. The molecule has 2 aromatic rings. The second-order valence-corrected chi connectivity index (χ2v) is 13.5.